The van der Waals surface area contributed by atoms with Gasteiger partial charge in [0.15, 0.2) is 0 Å². The zero-order valence-electron chi connectivity index (χ0n) is 14.6. The van der Waals surface area contributed by atoms with Crippen molar-refractivity contribution in [2.24, 2.45) is 0 Å². The van der Waals surface area contributed by atoms with Gasteiger partial charge in [0.05, 0.1) is 12.7 Å². The lowest BCUT2D eigenvalue weighted by molar-refractivity contribution is 0.0950. The molecule has 3 rings (SSSR count). The molecule has 0 unspecified atom stereocenters. The van der Waals surface area contributed by atoms with Crippen LogP contribution in [0.15, 0.2) is 34.8 Å². The normalized spacial score (nSPS) is 15.3. The van der Waals surface area contributed by atoms with Crippen molar-refractivity contribution in [3.05, 3.63) is 40.4 Å². The fraction of sp³-hybridized carbons (Fsp3) is 0.450. The van der Waals surface area contributed by atoms with E-state index in [1.165, 1.54) is 32.1 Å². The summed E-state index contributed by atoms with van der Waals surface area (Å²) in [5.74, 6) is 0.519. The number of methoxy groups -OCH3 is 1. The Balaban J connectivity index is 1.65. The molecule has 0 aromatic heterocycles. The second-order valence-corrected chi connectivity index (χ2v) is 7.38. The molecule has 1 saturated carbocycles. The molecule has 0 heterocycles. The third-order valence-electron chi connectivity index (χ3n) is 4.84. The Bertz CT molecular complexity index is 742. The number of benzene rings is 2. The standard InChI is InChI=1S/C20H25BrN2O2/c1-25-19-16-10-6-5-9-15(16)18(21)13-17(19)20(24)23-12-11-22-14-7-3-2-4-8-14/h5-6,9-10,13-14,22H,2-4,7-8,11-12H2,1H3,(H,23,24). The smallest absolute Gasteiger partial charge is 0.255 e. The molecular weight excluding hydrogens is 380 g/mol. The predicted molar refractivity (Wildman–Crippen MR) is 105 cm³/mol. The quantitative estimate of drug-likeness (QED) is 0.706. The largest absolute Gasteiger partial charge is 0.495 e. The molecule has 0 saturated heterocycles. The van der Waals surface area contributed by atoms with E-state index < -0.39 is 0 Å². The molecule has 0 bridgehead atoms. The minimum absolute atomic E-state index is 0.103. The topological polar surface area (TPSA) is 50.4 Å². The maximum Gasteiger partial charge on any atom is 0.255 e. The zero-order valence-corrected chi connectivity index (χ0v) is 16.2. The number of hydrogen-bond acceptors (Lipinski definition) is 3. The minimum Gasteiger partial charge on any atom is -0.495 e. The predicted octanol–water partition coefficient (Wildman–Crippen LogP) is 4.26. The van der Waals surface area contributed by atoms with Crippen molar-refractivity contribution < 1.29 is 9.53 Å². The first kappa shape index (κ1) is 18.2. The van der Waals surface area contributed by atoms with Gasteiger partial charge in [-0.25, -0.2) is 0 Å². The molecule has 25 heavy (non-hydrogen) atoms. The summed E-state index contributed by atoms with van der Waals surface area (Å²) in [6.45, 7) is 1.41. The van der Waals surface area contributed by atoms with Crippen LogP contribution in [0.2, 0.25) is 0 Å². The molecule has 0 aliphatic heterocycles. The summed E-state index contributed by atoms with van der Waals surface area (Å²) in [5.41, 5.74) is 0.561. The molecule has 0 radical (unpaired) electrons. The van der Waals surface area contributed by atoms with E-state index >= 15 is 0 Å². The summed E-state index contributed by atoms with van der Waals surface area (Å²) in [7, 11) is 1.61. The number of fused-ring (bicyclic) bond motifs is 1. The minimum atomic E-state index is -0.103. The third-order valence-corrected chi connectivity index (χ3v) is 5.50. The van der Waals surface area contributed by atoms with Crippen LogP contribution in [0, 0.1) is 0 Å². The first-order valence-electron chi connectivity index (χ1n) is 8.97. The van der Waals surface area contributed by atoms with E-state index in [9.17, 15) is 4.79 Å². The van der Waals surface area contributed by atoms with Crippen LogP contribution in [0.3, 0.4) is 0 Å². The Hall–Kier alpha value is -1.59. The van der Waals surface area contributed by atoms with Crippen LogP contribution in [0.25, 0.3) is 10.8 Å². The maximum atomic E-state index is 12.6. The SMILES string of the molecule is COc1c(C(=O)NCCNC2CCCCC2)cc(Br)c2ccccc12. The van der Waals surface area contributed by atoms with Crippen LogP contribution >= 0.6 is 15.9 Å². The maximum absolute atomic E-state index is 12.6. The first-order chi connectivity index (χ1) is 12.2. The highest BCUT2D eigenvalue weighted by molar-refractivity contribution is 9.10. The Kier molecular flexibility index (Phi) is 6.32. The van der Waals surface area contributed by atoms with E-state index in [1.807, 2.05) is 30.3 Å². The second-order valence-electron chi connectivity index (χ2n) is 6.53. The summed E-state index contributed by atoms with van der Waals surface area (Å²) < 4.78 is 6.44. The Morgan fingerprint density at radius 2 is 1.88 bits per heavy atom. The molecule has 2 aromatic rings. The van der Waals surface area contributed by atoms with Gasteiger partial charge in [-0.05, 0) is 24.3 Å². The van der Waals surface area contributed by atoms with Gasteiger partial charge < -0.3 is 15.4 Å². The van der Waals surface area contributed by atoms with Crippen LogP contribution in [0.4, 0.5) is 0 Å². The van der Waals surface area contributed by atoms with Gasteiger partial charge in [-0.1, -0.05) is 59.5 Å². The van der Waals surface area contributed by atoms with Crippen LogP contribution in [0.1, 0.15) is 42.5 Å². The molecule has 1 aliphatic rings. The zero-order chi connectivity index (χ0) is 17.6. The molecule has 4 nitrogen and oxygen atoms in total. The van der Waals surface area contributed by atoms with Crippen molar-refractivity contribution in [2.75, 3.05) is 20.2 Å². The van der Waals surface area contributed by atoms with Gasteiger partial charge in [0.2, 0.25) is 0 Å². The number of halogens is 1. The molecule has 2 aromatic carbocycles. The van der Waals surface area contributed by atoms with Crippen LogP contribution in [-0.2, 0) is 0 Å². The number of carbonyl (C=O) groups excluding carboxylic acids is 1. The number of ether oxygens (including phenoxy) is 1. The Morgan fingerprint density at radius 1 is 1.16 bits per heavy atom. The van der Waals surface area contributed by atoms with E-state index in [0.717, 1.165) is 21.8 Å². The van der Waals surface area contributed by atoms with Gasteiger partial charge in [-0.15, -0.1) is 0 Å². The molecule has 1 fully saturated rings. The molecule has 5 heteroatoms. The van der Waals surface area contributed by atoms with Crippen molar-refractivity contribution in [2.45, 2.75) is 38.1 Å². The summed E-state index contributed by atoms with van der Waals surface area (Å²) >= 11 is 3.57. The van der Waals surface area contributed by atoms with Gasteiger partial charge in [0.25, 0.3) is 5.91 Å². The number of amides is 1. The van der Waals surface area contributed by atoms with Crippen molar-refractivity contribution in [3.8, 4) is 5.75 Å². The summed E-state index contributed by atoms with van der Waals surface area (Å²) in [6.07, 6.45) is 6.48. The van der Waals surface area contributed by atoms with Crippen molar-refractivity contribution in [1.29, 1.82) is 0 Å². The fourth-order valence-corrected chi connectivity index (χ4v) is 4.12. The summed E-state index contributed by atoms with van der Waals surface area (Å²) in [6, 6.07) is 10.4. The second kappa shape index (κ2) is 8.68. The third kappa shape index (κ3) is 4.33. The highest BCUT2D eigenvalue weighted by Crippen LogP contribution is 2.35. The van der Waals surface area contributed by atoms with Crippen molar-refractivity contribution in [1.82, 2.24) is 10.6 Å². The molecule has 1 aliphatic carbocycles. The molecule has 134 valence electrons. The Labute approximate surface area is 157 Å². The summed E-state index contributed by atoms with van der Waals surface area (Å²) in [4.78, 5) is 12.6. The van der Waals surface area contributed by atoms with Gasteiger partial charge in [0, 0.05) is 29.0 Å². The lowest BCUT2D eigenvalue weighted by Gasteiger charge is -2.22. The molecule has 0 atom stereocenters. The van der Waals surface area contributed by atoms with Crippen LogP contribution in [-0.4, -0.2) is 32.1 Å². The average Bonchev–Trinajstić information content (AvgIpc) is 2.66. The number of carbonyl (C=O) groups is 1. The molecule has 2 N–H and O–H groups in total. The number of hydrogen-bond donors (Lipinski definition) is 2. The Morgan fingerprint density at radius 3 is 2.60 bits per heavy atom. The molecule has 0 spiro atoms. The first-order valence-corrected chi connectivity index (χ1v) is 9.77. The van der Waals surface area contributed by atoms with Crippen molar-refractivity contribution >= 4 is 32.6 Å². The molecule has 1 amide bonds. The highest BCUT2D eigenvalue weighted by atomic mass is 79.9. The summed E-state index contributed by atoms with van der Waals surface area (Å²) in [5, 5.41) is 8.52. The van der Waals surface area contributed by atoms with E-state index in [0.29, 0.717) is 23.9 Å². The fourth-order valence-electron chi connectivity index (χ4n) is 3.55. The van der Waals surface area contributed by atoms with Gasteiger partial charge in [-0.3, -0.25) is 4.79 Å². The van der Waals surface area contributed by atoms with Gasteiger partial charge >= 0.3 is 0 Å². The highest BCUT2D eigenvalue weighted by Gasteiger charge is 2.17. The van der Waals surface area contributed by atoms with E-state index in [2.05, 4.69) is 26.6 Å². The van der Waals surface area contributed by atoms with E-state index in [1.54, 1.807) is 7.11 Å². The van der Waals surface area contributed by atoms with Gasteiger partial charge in [0.1, 0.15) is 5.75 Å². The number of rotatable bonds is 6. The lowest BCUT2D eigenvalue weighted by Crippen LogP contribution is -2.38. The van der Waals surface area contributed by atoms with E-state index in [4.69, 9.17) is 4.74 Å². The van der Waals surface area contributed by atoms with Crippen LogP contribution < -0.4 is 15.4 Å². The van der Waals surface area contributed by atoms with Crippen LogP contribution in [0.5, 0.6) is 5.75 Å². The average molecular weight is 405 g/mol. The monoisotopic (exact) mass is 404 g/mol. The lowest BCUT2D eigenvalue weighted by atomic mass is 9.95. The molecular formula is C20H25BrN2O2. The number of nitrogens with one attached hydrogen (secondary N) is 2. The van der Waals surface area contributed by atoms with Gasteiger partial charge in [-0.2, -0.15) is 0 Å². The van der Waals surface area contributed by atoms with E-state index in [-0.39, 0.29) is 5.91 Å². The van der Waals surface area contributed by atoms with Crippen molar-refractivity contribution in [3.63, 3.8) is 0 Å².